The molecule has 0 amide bonds. The number of oxazole rings is 1. The van der Waals surface area contributed by atoms with Gasteiger partial charge in [-0.1, -0.05) is 48.5 Å². The summed E-state index contributed by atoms with van der Waals surface area (Å²) in [6.45, 7) is 0. The first kappa shape index (κ1) is 14.2. The van der Waals surface area contributed by atoms with Crippen LogP contribution in [0.25, 0.3) is 23.8 Å². The SMILES string of the molecule is Oc1oc(/C=C/c2ccccc2)nc1/C=C1\C=Nc2ccccc21. The minimum atomic E-state index is -0.201. The van der Waals surface area contributed by atoms with Gasteiger partial charge < -0.3 is 9.52 Å². The van der Waals surface area contributed by atoms with E-state index in [4.69, 9.17) is 4.42 Å². The number of aliphatic imine (C=N–C) groups is 1. The Morgan fingerprint density at radius 3 is 2.58 bits per heavy atom. The fraction of sp³-hybridized carbons (Fsp3) is 0. The zero-order valence-corrected chi connectivity index (χ0v) is 12.8. The minimum Gasteiger partial charge on any atom is -0.479 e. The van der Waals surface area contributed by atoms with Crippen LogP contribution >= 0.6 is 0 Å². The highest BCUT2D eigenvalue weighted by Gasteiger charge is 2.14. The smallest absolute Gasteiger partial charge is 0.310 e. The predicted octanol–water partition coefficient (Wildman–Crippen LogP) is 4.81. The number of allylic oxidation sites excluding steroid dienone is 1. The van der Waals surface area contributed by atoms with Crippen LogP contribution in [-0.4, -0.2) is 16.3 Å². The third-order valence-electron chi connectivity index (χ3n) is 3.72. The Balaban J connectivity index is 1.62. The summed E-state index contributed by atoms with van der Waals surface area (Å²) in [7, 11) is 0. The fourth-order valence-electron chi connectivity index (χ4n) is 2.54. The Labute approximate surface area is 139 Å². The molecule has 4 heteroatoms. The van der Waals surface area contributed by atoms with Crippen LogP contribution in [0.4, 0.5) is 5.69 Å². The van der Waals surface area contributed by atoms with Gasteiger partial charge in [-0.2, -0.15) is 0 Å². The Hall–Kier alpha value is -3.40. The summed E-state index contributed by atoms with van der Waals surface area (Å²) in [5.41, 5.74) is 4.25. The molecule has 0 saturated heterocycles. The van der Waals surface area contributed by atoms with Crippen molar-refractivity contribution in [1.82, 2.24) is 4.98 Å². The Morgan fingerprint density at radius 1 is 0.917 bits per heavy atom. The fourth-order valence-corrected chi connectivity index (χ4v) is 2.54. The Bertz CT molecular complexity index is 966. The number of aromatic nitrogens is 1. The lowest BCUT2D eigenvalue weighted by atomic mass is 10.1. The maximum Gasteiger partial charge on any atom is 0.310 e. The normalized spacial score (nSPS) is 14.6. The van der Waals surface area contributed by atoms with Crippen LogP contribution in [0.15, 0.2) is 64.0 Å². The van der Waals surface area contributed by atoms with E-state index in [-0.39, 0.29) is 5.95 Å². The largest absolute Gasteiger partial charge is 0.479 e. The van der Waals surface area contributed by atoms with Crippen LogP contribution in [-0.2, 0) is 0 Å². The molecule has 2 aromatic carbocycles. The molecule has 0 spiro atoms. The first-order valence-electron chi connectivity index (χ1n) is 7.58. The molecule has 0 unspecified atom stereocenters. The second-order valence-electron chi connectivity index (χ2n) is 5.36. The van der Waals surface area contributed by atoms with Crippen LogP contribution in [0.1, 0.15) is 22.7 Å². The molecule has 2 heterocycles. The molecule has 4 nitrogen and oxygen atoms in total. The van der Waals surface area contributed by atoms with Crippen molar-refractivity contribution < 1.29 is 9.52 Å². The molecular weight excluding hydrogens is 300 g/mol. The Kier molecular flexibility index (Phi) is 3.56. The van der Waals surface area contributed by atoms with Gasteiger partial charge in [0.2, 0.25) is 5.89 Å². The number of benzene rings is 2. The second-order valence-corrected chi connectivity index (χ2v) is 5.36. The lowest BCUT2D eigenvalue weighted by Crippen LogP contribution is -1.81. The number of aromatic hydroxyl groups is 1. The van der Waals surface area contributed by atoms with E-state index >= 15 is 0 Å². The van der Waals surface area contributed by atoms with Gasteiger partial charge in [0.25, 0.3) is 0 Å². The number of fused-ring (bicyclic) bond motifs is 1. The van der Waals surface area contributed by atoms with Crippen molar-refractivity contribution in [3.8, 4) is 5.95 Å². The molecule has 116 valence electrons. The summed E-state index contributed by atoms with van der Waals surface area (Å²) >= 11 is 0. The van der Waals surface area contributed by atoms with E-state index in [1.165, 1.54) is 0 Å². The van der Waals surface area contributed by atoms with Gasteiger partial charge in [-0.05, 0) is 23.8 Å². The summed E-state index contributed by atoms with van der Waals surface area (Å²) in [4.78, 5) is 8.66. The van der Waals surface area contributed by atoms with E-state index in [0.29, 0.717) is 11.6 Å². The molecule has 1 aromatic heterocycles. The molecule has 1 N–H and O–H groups in total. The highest BCUT2D eigenvalue weighted by molar-refractivity contribution is 6.21. The van der Waals surface area contributed by atoms with Gasteiger partial charge in [0.05, 0.1) is 5.69 Å². The molecule has 0 saturated carbocycles. The lowest BCUT2D eigenvalue weighted by Gasteiger charge is -1.97. The molecular formula is C20H14N2O2. The molecule has 0 bridgehead atoms. The summed E-state index contributed by atoms with van der Waals surface area (Å²) in [5, 5.41) is 9.98. The summed E-state index contributed by atoms with van der Waals surface area (Å²) < 4.78 is 5.30. The molecule has 3 aromatic rings. The van der Waals surface area contributed by atoms with E-state index < -0.39 is 0 Å². The first-order chi connectivity index (χ1) is 11.8. The number of hydrogen-bond donors (Lipinski definition) is 1. The van der Waals surface area contributed by atoms with Crippen LogP contribution in [0.3, 0.4) is 0 Å². The molecule has 1 aliphatic rings. The zero-order chi connectivity index (χ0) is 16.4. The van der Waals surface area contributed by atoms with Gasteiger partial charge in [0, 0.05) is 23.4 Å². The van der Waals surface area contributed by atoms with Gasteiger partial charge in [0.1, 0.15) is 5.69 Å². The number of rotatable bonds is 3. The lowest BCUT2D eigenvalue weighted by molar-refractivity contribution is 0.328. The highest BCUT2D eigenvalue weighted by atomic mass is 16.5. The highest BCUT2D eigenvalue weighted by Crippen LogP contribution is 2.33. The maximum atomic E-state index is 9.98. The van der Waals surface area contributed by atoms with Crippen LogP contribution in [0.2, 0.25) is 0 Å². The Morgan fingerprint density at radius 2 is 1.71 bits per heavy atom. The quantitative estimate of drug-likeness (QED) is 0.755. The third-order valence-corrected chi connectivity index (χ3v) is 3.72. The molecule has 0 aliphatic carbocycles. The molecule has 4 rings (SSSR count). The van der Waals surface area contributed by atoms with Crippen molar-refractivity contribution in [3.63, 3.8) is 0 Å². The molecule has 0 atom stereocenters. The number of nitrogens with zero attached hydrogens (tertiary/aromatic N) is 2. The molecule has 0 fully saturated rings. The maximum absolute atomic E-state index is 9.98. The van der Waals surface area contributed by atoms with E-state index in [2.05, 4.69) is 9.98 Å². The monoisotopic (exact) mass is 314 g/mol. The third kappa shape index (κ3) is 2.77. The zero-order valence-electron chi connectivity index (χ0n) is 12.8. The van der Waals surface area contributed by atoms with Gasteiger partial charge in [-0.25, -0.2) is 4.98 Å². The van der Waals surface area contributed by atoms with Crippen LogP contribution in [0.5, 0.6) is 5.95 Å². The standard InChI is InChI=1S/C20H14N2O2/c23-20-18(12-15-13-21-17-9-5-4-8-16(15)17)22-19(24-20)11-10-14-6-2-1-3-7-14/h1-13,23H/b11-10+,15-12+. The second kappa shape index (κ2) is 6.01. The van der Waals surface area contributed by atoms with E-state index in [9.17, 15) is 5.11 Å². The molecule has 24 heavy (non-hydrogen) atoms. The van der Waals surface area contributed by atoms with Crippen molar-refractivity contribution in [2.24, 2.45) is 4.99 Å². The summed E-state index contributed by atoms with van der Waals surface area (Å²) in [6.07, 6.45) is 7.15. The van der Waals surface area contributed by atoms with Crippen LogP contribution < -0.4 is 0 Å². The van der Waals surface area contributed by atoms with E-state index in [1.54, 1.807) is 18.4 Å². The number of para-hydroxylation sites is 1. The van der Waals surface area contributed by atoms with Crippen molar-refractivity contribution >= 4 is 35.7 Å². The van der Waals surface area contributed by atoms with Crippen LogP contribution in [0, 0.1) is 0 Å². The van der Waals surface area contributed by atoms with E-state index in [0.717, 1.165) is 22.4 Å². The first-order valence-corrected chi connectivity index (χ1v) is 7.58. The van der Waals surface area contributed by atoms with Crippen molar-refractivity contribution in [3.05, 3.63) is 77.3 Å². The van der Waals surface area contributed by atoms with Gasteiger partial charge in [-0.15, -0.1) is 0 Å². The van der Waals surface area contributed by atoms with E-state index in [1.807, 2.05) is 60.7 Å². The number of hydrogen-bond acceptors (Lipinski definition) is 4. The van der Waals surface area contributed by atoms with Crippen molar-refractivity contribution in [2.75, 3.05) is 0 Å². The average molecular weight is 314 g/mol. The molecule has 1 aliphatic heterocycles. The molecule has 0 radical (unpaired) electrons. The average Bonchev–Trinajstić information content (AvgIpc) is 3.18. The van der Waals surface area contributed by atoms with Gasteiger partial charge in [-0.3, -0.25) is 4.99 Å². The van der Waals surface area contributed by atoms with Crippen molar-refractivity contribution in [1.29, 1.82) is 0 Å². The topological polar surface area (TPSA) is 58.6 Å². The summed E-state index contributed by atoms with van der Waals surface area (Å²) in [5.74, 6) is 0.152. The minimum absolute atomic E-state index is 0.201. The van der Waals surface area contributed by atoms with Crippen molar-refractivity contribution in [2.45, 2.75) is 0 Å². The summed E-state index contributed by atoms with van der Waals surface area (Å²) in [6, 6.07) is 17.7. The van der Waals surface area contributed by atoms with Gasteiger partial charge >= 0.3 is 5.95 Å². The van der Waals surface area contributed by atoms with Gasteiger partial charge in [0.15, 0.2) is 0 Å². The predicted molar refractivity (Wildman–Crippen MR) is 96.0 cm³/mol.